The lowest BCUT2D eigenvalue weighted by Gasteiger charge is -2.16. The van der Waals surface area contributed by atoms with Crippen LogP contribution in [0.4, 0.5) is 5.69 Å². The monoisotopic (exact) mass is 422 g/mol. The summed E-state index contributed by atoms with van der Waals surface area (Å²) < 4.78 is 1.94. The van der Waals surface area contributed by atoms with Crippen LogP contribution in [0.5, 0.6) is 0 Å². The van der Waals surface area contributed by atoms with Crippen molar-refractivity contribution in [3.63, 3.8) is 0 Å². The van der Waals surface area contributed by atoms with E-state index in [-0.39, 0.29) is 5.91 Å². The summed E-state index contributed by atoms with van der Waals surface area (Å²) in [6.07, 6.45) is 3.69. The molecule has 0 spiro atoms. The van der Waals surface area contributed by atoms with Crippen molar-refractivity contribution in [1.82, 2.24) is 15.1 Å². The first-order valence-corrected chi connectivity index (χ1v) is 11.1. The summed E-state index contributed by atoms with van der Waals surface area (Å²) in [6, 6.07) is 28.7. The maximum absolute atomic E-state index is 12.1. The van der Waals surface area contributed by atoms with Crippen molar-refractivity contribution in [2.24, 2.45) is 0 Å². The second-order valence-corrected chi connectivity index (χ2v) is 8.07. The Morgan fingerprint density at radius 1 is 0.844 bits per heavy atom. The van der Waals surface area contributed by atoms with Gasteiger partial charge >= 0.3 is 0 Å². The van der Waals surface area contributed by atoms with E-state index < -0.39 is 0 Å². The molecule has 1 saturated heterocycles. The van der Waals surface area contributed by atoms with Crippen LogP contribution in [0.15, 0.2) is 91.1 Å². The molecule has 5 heteroatoms. The summed E-state index contributed by atoms with van der Waals surface area (Å²) in [5, 5.41) is 8.45. The normalized spacial score (nSPS) is 13.6. The van der Waals surface area contributed by atoms with Crippen molar-refractivity contribution in [1.29, 1.82) is 0 Å². The molecule has 0 atom stereocenters. The minimum Gasteiger partial charge on any atom is -0.312 e. The van der Waals surface area contributed by atoms with Crippen LogP contribution in [0.25, 0.3) is 16.9 Å². The van der Waals surface area contributed by atoms with Gasteiger partial charge in [0.1, 0.15) is 0 Å². The van der Waals surface area contributed by atoms with Gasteiger partial charge in [0.05, 0.1) is 11.4 Å². The van der Waals surface area contributed by atoms with Crippen LogP contribution in [0.3, 0.4) is 0 Å². The fourth-order valence-corrected chi connectivity index (χ4v) is 4.19. The van der Waals surface area contributed by atoms with E-state index in [0.717, 1.165) is 47.7 Å². The summed E-state index contributed by atoms with van der Waals surface area (Å²) >= 11 is 0. The molecule has 32 heavy (non-hydrogen) atoms. The van der Waals surface area contributed by atoms with E-state index in [4.69, 9.17) is 5.10 Å². The number of para-hydroxylation sites is 1. The fourth-order valence-electron chi connectivity index (χ4n) is 4.19. The molecule has 3 aromatic carbocycles. The lowest BCUT2D eigenvalue weighted by atomic mass is 10.1. The van der Waals surface area contributed by atoms with Crippen molar-refractivity contribution in [2.75, 3.05) is 11.4 Å². The van der Waals surface area contributed by atoms with Gasteiger partial charge in [0.25, 0.3) is 0 Å². The van der Waals surface area contributed by atoms with E-state index >= 15 is 0 Å². The third kappa shape index (κ3) is 4.34. The molecule has 1 fully saturated rings. The molecular weight excluding hydrogens is 396 g/mol. The van der Waals surface area contributed by atoms with Gasteiger partial charge in [-0.2, -0.15) is 5.10 Å². The number of nitrogens with zero attached hydrogens (tertiary/aromatic N) is 3. The molecule has 0 unspecified atom stereocenters. The summed E-state index contributed by atoms with van der Waals surface area (Å²) in [5.74, 6) is 0.218. The average molecular weight is 423 g/mol. The second-order valence-electron chi connectivity index (χ2n) is 8.07. The molecule has 1 aliphatic rings. The number of carbonyl (C=O) groups is 1. The number of carbonyl (C=O) groups excluding carboxylic acids is 1. The number of aromatic nitrogens is 2. The Balaban J connectivity index is 1.34. The lowest BCUT2D eigenvalue weighted by molar-refractivity contribution is -0.117. The van der Waals surface area contributed by atoms with Crippen LogP contribution in [0.2, 0.25) is 0 Å². The Hall–Kier alpha value is -3.70. The topological polar surface area (TPSA) is 50.2 Å². The highest BCUT2D eigenvalue weighted by atomic mass is 16.2. The van der Waals surface area contributed by atoms with Crippen molar-refractivity contribution < 1.29 is 4.79 Å². The first-order valence-electron chi connectivity index (χ1n) is 11.1. The molecule has 5 nitrogen and oxygen atoms in total. The van der Waals surface area contributed by atoms with Crippen LogP contribution in [-0.4, -0.2) is 22.2 Å². The predicted octanol–water partition coefficient (Wildman–Crippen LogP) is 4.96. The van der Waals surface area contributed by atoms with E-state index in [1.807, 2.05) is 58.1 Å². The van der Waals surface area contributed by atoms with Gasteiger partial charge in [-0.25, -0.2) is 4.68 Å². The highest BCUT2D eigenvalue weighted by molar-refractivity contribution is 5.95. The Bertz CT molecular complexity index is 1200. The lowest BCUT2D eigenvalue weighted by Crippen LogP contribution is -2.23. The molecule has 2 heterocycles. The minimum absolute atomic E-state index is 0.218. The summed E-state index contributed by atoms with van der Waals surface area (Å²) in [5.41, 5.74) is 6.43. The SMILES string of the molecule is O=C1CCCN1c1cccc(CNCc2cn(-c3ccccc3)nc2-c2ccccc2)c1. The van der Waals surface area contributed by atoms with Gasteiger partial charge in [-0.3, -0.25) is 4.79 Å². The quantitative estimate of drug-likeness (QED) is 0.458. The zero-order valence-electron chi connectivity index (χ0n) is 17.9. The maximum Gasteiger partial charge on any atom is 0.227 e. The number of anilines is 1. The Morgan fingerprint density at radius 3 is 2.34 bits per heavy atom. The van der Waals surface area contributed by atoms with Gasteiger partial charge in [-0.05, 0) is 36.2 Å². The van der Waals surface area contributed by atoms with Gasteiger partial charge in [0, 0.05) is 49.1 Å². The smallest absolute Gasteiger partial charge is 0.227 e. The molecule has 0 saturated carbocycles. The first kappa shape index (κ1) is 20.2. The van der Waals surface area contributed by atoms with Crippen LogP contribution >= 0.6 is 0 Å². The number of nitrogens with one attached hydrogen (secondary N) is 1. The molecule has 4 aromatic rings. The number of benzene rings is 3. The number of hydrogen-bond donors (Lipinski definition) is 1. The fraction of sp³-hybridized carbons (Fsp3) is 0.185. The van der Waals surface area contributed by atoms with Gasteiger partial charge in [-0.15, -0.1) is 0 Å². The number of amides is 1. The van der Waals surface area contributed by atoms with E-state index in [0.29, 0.717) is 13.0 Å². The van der Waals surface area contributed by atoms with Crippen molar-refractivity contribution >= 4 is 11.6 Å². The van der Waals surface area contributed by atoms with Gasteiger partial charge in [0.15, 0.2) is 0 Å². The highest BCUT2D eigenvalue weighted by Crippen LogP contribution is 2.25. The minimum atomic E-state index is 0.218. The highest BCUT2D eigenvalue weighted by Gasteiger charge is 2.21. The Kier molecular flexibility index (Phi) is 5.81. The molecule has 1 amide bonds. The molecule has 1 aromatic heterocycles. The van der Waals surface area contributed by atoms with Crippen LogP contribution in [0, 0.1) is 0 Å². The van der Waals surface area contributed by atoms with Gasteiger partial charge < -0.3 is 10.2 Å². The van der Waals surface area contributed by atoms with Gasteiger partial charge in [-0.1, -0.05) is 60.7 Å². The third-order valence-electron chi connectivity index (χ3n) is 5.80. The Morgan fingerprint density at radius 2 is 1.59 bits per heavy atom. The molecule has 0 aliphatic carbocycles. The summed E-state index contributed by atoms with van der Waals surface area (Å²) in [4.78, 5) is 14.0. The third-order valence-corrected chi connectivity index (χ3v) is 5.80. The van der Waals surface area contributed by atoms with E-state index in [9.17, 15) is 4.79 Å². The van der Waals surface area contributed by atoms with E-state index in [1.54, 1.807) is 0 Å². The van der Waals surface area contributed by atoms with Gasteiger partial charge in [0.2, 0.25) is 5.91 Å². The molecule has 1 aliphatic heterocycles. The van der Waals surface area contributed by atoms with E-state index in [2.05, 4.69) is 47.9 Å². The predicted molar refractivity (Wildman–Crippen MR) is 128 cm³/mol. The number of hydrogen-bond acceptors (Lipinski definition) is 3. The zero-order valence-corrected chi connectivity index (χ0v) is 17.9. The number of rotatable bonds is 7. The molecule has 160 valence electrons. The van der Waals surface area contributed by atoms with Crippen LogP contribution < -0.4 is 10.2 Å². The summed E-state index contributed by atoms with van der Waals surface area (Å²) in [6.45, 7) is 2.24. The van der Waals surface area contributed by atoms with Crippen LogP contribution in [-0.2, 0) is 17.9 Å². The average Bonchev–Trinajstić information content (AvgIpc) is 3.47. The zero-order chi connectivity index (χ0) is 21.8. The molecule has 1 N–H and O–H groups in total. The molecule has 0 bridgehead atoms. The van der Waals surface area contributed by atoms with Crippen LogP contribution in [0.1, 0.15) is 24.0 Å². The summed E-state index contributed by atoms with van der Waals surface area (Å²) in [7, 11) is 0. The first-order chi connectivity index (χ1) is 15.8. The standard InChI is InChI=1S/C27H26N4O/c32-26-15-8-16-30(26)25-14-7-9-21(17-25)18-28-19-23-20-31(24-12-5-2-6-13-24)29-27(23)22-10-3-1-4-11-22/h1-7,9-14,17,20,28H,8,15-16,18-19H2. The van der Waals surface area contributed by atoms with Crippen molar-refractivity contribution in [3.8, 4) is 16.9 Å². The van der Waals surface area contributed by atoms with Crippen molar-refractivity contribution in [2.45, 2.75) is 25.9 Å². The largest absolute Gasteiger partial charge is 0.312 e. The van der Waals surface area contributed by atoms with E-state index in [1.165, 1.54) is 5.56 Å². The Labute approximate surface area is 188 Å². The maximum atomic E-state index is 12.1. The molecule has 5 rings (SSSR count). The second kappa shape index (κ2) is 9.20. The molecular formula is C27H26N4O. The molecule has 0 radical (unpaired) electrons. The van der Waals surface area contributed by atoms with Crippen molar-refractivity contribution in [3.05, 3.63) is 102 Å².